The molecule has 228 valence electrons. The molecule has 0 spiro atoms. The molecule has 9 nitrogen and oxygen atoms in total. The Bertz CT molecular complexity index is 1260. The predicted molar refractivity (Wildman–Crippen MR) is 155 cm³/mol. The lowest BCUT2D eigenvalue weighted by Gasteiger charge is -2.35. The third-order valence-corrected chi connectivity index (χ3v) is 10.1. The molecule has 0 saturated carbocycles. The topological polar surface area (TPSA) is 91.2 Å². The average molecular weight is 617 g/mol. The summed E-state index contributed by atoms with van der Waals surface area (Å²) in [6, 6.07) is 4.76. The molecule has 2 fully saturated rings. The Morgan fingerprint density at radius 2 is 1.56 bits per heavy atom. The zero-order valence-corrected chi connectivity index (χ0v) is 25.7. The molecule has 14 heteroatoms. The highest BCUT2D eigenvalue weighted by Crippen LogP contribution is 2.38. The van der Waals surface area contributed by atoms with Gasteiger partial charge in [-0.2, -0.15) is 35.5 Å². The summed E-state index contributed by atoms with van der Waals surface area (Å²) in [5.74, 6) is -0.402. The molecule has 2 saturated heterocycles. The molecule has 0 unspecified atom stereocenters. The first-order valence-electron chi connectivity index (χ1n) is 13.8. The van der Waals surface area contributed by atoms with Crippen LogP contribution in [0.15, 0.2) is 18.2 Å². The summed E-state index contributed by atoms with van der Waals surface area (Å²) in [5.41, 5.74) is -2.60. The largest absolute Gasteiger partial charge is 0.417 e. The highest BCUT2D eigenvalue weighted by atomic mass is 32.2. The summed E-state index contributed by atoms with van der Waals surface area (Å²) < 4.78 is 67.7. The molecule has 0 bridgehead atoms. The van der Waals surface area contributed by atoms with Crippen molar-refractivity contribution in [3.63, 3.8) is 0 Å². The van der Waals surface area contributed by atoms with E-state index in [1.54, 1.807) is 38.9 Å². The van der Waals surface area contributed by atoms with E-state index in [0.717, 1.165) is 75.2 Å². The molecule has 0 radical (unpaired) electrons. The highest BCUT2D eigenvalue weighted by molar-refractivity contribution is 7.86. The highest BCUT2D eigenvalue weighted by Gasteiger charge is 2.49. The third-order valence-electron chi connectivity index (χ3n) is 7.74. The number of unbranched alkanes of at least 4 members (excludes halogenated alkanes) is 5. The van der Waals surface area contributed by atoms with E-state index in [2.05, 4.69) is 4.90 Å². The normalized spacial score (nSPS) is 18.9. The number of anilines is 1. The first-order chi connectivity index (χ1) is 19.1. The van der Waals surface area contributed by atoms with E-state index in [0.29, 0.717) is 19.6 Å². The lowest BCUT2D eigenvalue weighted by atomic mass is 10.0. The maximum Gasteiger partial charge on any atom is 0.417 e. The maximum absolute atomic E-state index is 13.5. The van der Waals surface area contributed by atoms with Crippen LogP contribution in [0.5, 0.6) is 0 Å². The van der Waals surface area contributed by atoms with Crippen molar-refractivity contribution in [1.82, 2.24) is 18.4 Å². The van der Waals surface area contributed by atoms with E-state index >= 15 is 0 Å². The number of nitrogens with zero attached hydrogens (tertiary/aromatic N) is 6. The van der Waals surface area contributed by atoms with Crippen molar-refractivity contribution in [2.45, 2.75) is 64.1 Å². The number of thiocarbonyl (C=S) groups is 1. The number of rotatable bonds is 12. The fourth-order valence-corrected chi connectivity index (χ4v) is 6.76. The zero-order valence-electron chi connectivity index (χ0n) is 24.1. The van der Waals surface area contributed by atoms with Crippen molar-refractivity contribution in [3.05, 3.63) is 29.3 Å². The Morgan fingerprint density at radius 1 is 1.00 bits per heavy atom. The van der Waals surface area contributed by atoms with Crippen molar-refractivity contribution in [2.24, 2.45) is 0 Å². The molecule has 1 amide bonds. The first kappa shape index (κ1) is 33.2. The fraction of sp³-hybridized carbons (Fsp3) is 0.667. The number of hydrogen-bond donors (Lipinski definition) is 0. The molecular weight excluding hydrogens is 577 g/mol. The van der Waals surface area contributed by atoms with Crippen molar-refractivity contribution in [2.75, 3.05) is 58.3 Å². The van der Waals surface area contributed by atoms with Crippen LogP contribution < -0.4 is 4.90 Å². The number of amides is 1. The molecule has 3 rings (SSSR count). The number of alkyl halides is 3. The van der Waals surface area contributed by atoms with E-state index in [9.17, 15) is 26.4 Å². The molecule has 0 atom stereocenters. The number of hydrogen-bond acceptors (Lipinski definition) is 6. The molecule has 41 heavy (non-hydrogen) atoms. The fourth-order valence-electron chi connectivity index (χ4n) is 5.17. The third kappa shape index (κ3) is 7.56. The summed E-state index contributed by atoms with van der Waals surface area (Å²) in [6.07, 6.45) is 1.16. The second kappa shape index (κ2) is 13.3. The second-order valence-electron chi connectivity index (χ2n) is 11.1. The van der Waals surface area contributed by atoms with E-state index in [1.807, 2.05) is 0 Å². The quantitative estimate of drug-likeness (QED) is 0.259. The molecule has 0 aromatic heterocycles. The minimum Gasteiger partial charge on any atom is -0.334 e. The van der Waals surface area contributed by atoms with Crippen LogP contribution in [-0.2, 0) is 21.2 Å². The molecule has 1 aromatic rings. The van der Waals surface area contributed by atoms with Gasteiger partial charge in [0.1, 0.15) is 5.54 Å². The van der Waals surface area contributed by atoms with Crippen LogP contribution in [0.25, 0.3) is 0 Å². The first-order valence-corrected chi connectivity index (χ1v) is 15.6. The number of piperazine rings is 1. The number of nitriles is 1. The van der Waals surface area contributed by atoms with Gasteiger partial charge >= 0.3 is 6.18 Å². The van der Waals surface area contributed by atoms with Gasteiger partial charge in [0, 0.05) is 46.8 Å². The van der Waals surface area contributed by atoms with Crippen LogP contribution in [0, 0.1) is 11.3 Å². The second-order valence-corrected chi connectivity index (χ2v) is 13.6. The Hall–Kier alpha value is -2.31. The van der Waals surface area contributed by atoms with Gasteiger partial charge in [0.25, 0.3) is 16.1 Å². The van der Waals surface area contributed by atoms with Gasteiger partial charge in [-0.15, -0.1) is 0 Å². The molecule has 0 N–H and O–H groups in total. The smallest absolute Gasteiger partial charge is 0.334 e. The van der Waals surface area contributed by atoms with Crippen LogP contribution in [-0.4, -0.2) is 96.8 Å². The van der Waals surface area contributed by atoms with Gasteiger partial charge in [0.05, 0.1) is 22.9 Å². The van der Waals surface area contributed by atoms with Gasteiger partial charge in [-0.05, 0) is 63.7 Å². The lowest BCUT2D eigenvalue weighted by Crippen LogP contribution is -2.51. The van der Waals surface area contributed by atoms with Crippen LogP contribution in [0.1, 0.15) is 63.5 Å². The van der Waals surface area contributed by atoms with Crippen LogP contribution >= 0.6 is 12.2 Å². The van der Waals surface area contributed by atoms with Crippen molar-refractivity contribution in [3.8, 4) is 6.07 Å². The van der Waals surface area contributed by atoms with Gasteiger partial charge in [0.2, 0.25) is 0 Å². The van der Waals surface area contributed by atoms with Gasteiger partial charge < -0.3 is 9.80 Å². The van der Waals surface area contributed by atoms with E-state index < -0.39 is 39.0 Å². The minimum atomic E-state index is -4.73. The van der Waals surface area contributed by atoms with E-state index in [1.165, 1.54) is 14.7 Å². The lowest BCUT2D eigenvalue weighted by molar-refractivity contribution is -0.137. The van der Waals surface area contributed by atoms with Crippen LogP contribution in [0.3, 0.4) is 0 Å². The Morgan fingerprint density at radius 3 is 2.10 bits per heavy atom. The number of benzene rings is 1. The summed E-state index contributed by atoms with van der Waals surface area (Å²) in [5, 5.41) is 9.24. The molecule has 2 aliphatic heterocycles. The Labute approximate surface area is 246 Å². The van der Waals surface area contributed by atoms with Crippen molar-refractivity contribution < 1.29 is 26.4 Å². The van der Waals surface area contributed by atoms with Crippen LogP contribution in [0.4, 0.5) is 18.9 Å². The number of carbonyl (C=O) groups is 1. The average Bonchev–Trinajstić information content (AvgIpc) is 3.08. The van der Waals surface area contributed by atoms with Gasteiger partial charge in [-0.1, -0.05) is 25.7 Å². The monoisotopic (exact) mass is 616 g/mol. The SMILES string of the molecule is CN(C)S(=O)(=O)N1CCN(CCCCCCCCN2C(=S)N(c3ccc(C#N)c(C(F)(F)F)c3)C(=O)C2(C)C)CC1. The molecule has 2 heterocycles. The molecule has 1 aromatic carbocycles. The standard InChI is InChI=1S/C27H39F3N6O3S2/c1-26(2)24(37)36(22-12-11-21(20-31)23(19-22)27(28,29)30)25(40)35(26)14-10-8-6-5-7-9-13-33-15-17-34(18-16-33)41(38,39)32(3)4/h11-12,19H,5-10,13-18H2,1-4H3. The number of halogens is 3. The summed E-state index contributed by atoms with van der Waals surface area (Å²) in [4.78, 5) is 18.4. The van der Waals surface area contributed by atoms with Crippen LogP contribution in [0.2, 0.25) is 0 Å². The maximum atomic E-state index is 13.5. The van der Waals surface area contributed by atoms with Gasteiger partial charge in [-0.25, -0.2) is 0 Å². The Kier molecular flexibility index (Phi) is 10.8. The van der Waals surface area contributed by atoms with E-state index in [-0.39, 0.29) is 10.8 Å². The van der Waals surface area contributed by atoms with E-state index in [4.69, 9.17) is 17.5 Å². The predicted octanol–water partition coefficient (Wildman–Crippen LogP) is 4.05. The minimum absolute atomic E-state index is 0.00244. The summed E-state index contributed by atoms with van der Waals surface area (Å²) >= 11 is 5.55. The summed E-state index contributed by atoms with van der Waals surface area (Å²) in [6.45, 7) is 7.35. The van der Waals surface area contributed by atoms with Gasteiger partial charge in [0.15, 0.2) is 5.11 Å². The molecule has 0 aliphatic carbocycles. The summed E-state index contributed by atoms with van der Waals surface area (Å²) in [7, 11) is -0.262. The molecule has 2 aliphatic rings. The Balaban J connectivity index is 1.42. The van der Waals surface area contributed by atoms with Crippen molar-refractivity contribution >= 4 is 39.1 Å². The van der Waals surface area contributed by atoms with Gasteiger partial charge in [-0.3, -0.25) is 9.69 Å². The zero-order chi connectivity index (χ0) is 30.6. The number of carbonyl (C=O) groups excluding carboxylic acids is 1. The van der Waals surface area contributed by atoms with Crippen molar-refractivity contribution in [1.29, 1.82) is 5.26 Å². The molecular formula is C27H39F3N6O3S2.